The van der Waals surface area contributed by atoms with E-state index in [1.165, 1.54) is 0 Å². The third-order valence-electron chi connectivity index (χ3n) is 2.61. The second kappa shape index (κ2) is 7.35. The van der Waals surface area contributed by atoms with Crippen LogP contribution >= 0.6 is 0 Å². The molecule has 114 valence electrons. The molecule has 2 N–H and O–H groups in total. The second-order valence-electron chi connectivity index (χ2n) is 5.93. The molecule has 0 aliphatic carbocycles. The van der Waals surface area contributed by atoms with Crippen LogP contribution in [0, 0.1) is 0 Å². The number of nitrogens with zero attached hydrogens (tertiary/aromatic N) is 3. The van der Waals surface area contributed by atoms with Gasteiger partial charge in [0.25, 0.3) is 5.91 Å². The molecule has 0 fully saturated rings. The number of carbonyl (C=O) groups excluding carboxylic acids is 1. The summed E-state index contributed by atoms with van der Waals surface area (Å²) in [5.41, 5.74) is -0.152. The molecule has 1 rings (SSSR count). The zero-order valence-electron chi connectivity index (χ0n) is 13.0. The van der Waals surface area contributed by atoms with Gasteiger partial charge in [-0.1, -0.05) is 20.8 Å². The fraction of sp³-hybridized carbons (Fsp3) is 0.769. The Kier molecular flexibility index (Phi) is 6.09. The Morgan fingerprint density at radius 1 is 1.35 bits per heavy atom. The van der Waals surface area contributed by atoms with Crippen LogP contribution in [-0.2, 0) is 10.2 Å². The fourth-order valence-corrected chi connectivity index (χ4v) is 1.36. The molecule has 0 aromatic carbocycles. The van der Waals surface area contributed by atoms with Gasteiger partial charge in [-0.25, -0.2) is 4.98 Å². The van der Waals surface area contributed by atoms with Crippen LogP contribution < -0.4 is 5.32 Å². The predicted molar refractivity (Wildman–Crippen MR) is 76.8 cm³/mol. The molecule has 0 aliphatic heterocycles. The van der Waals surface area contributed by atoms with E-state index in [4.69, 9.17) is 4.74 Å². The molecule has 1 aromatic heterocycles. The van der Waals surface area contributed by atoms with Gasteiger partial charge >= 0.3 is 0 Å². The average Bonchev–Trinajstić information content (AvgIpc) is 2.82. The zero-order chi connectivity index (χ0) is 15.2. The van der Waals surface area contributed by atoms with Crippen molar-refractivity contribution in [3.8, 4) is 0 Å². The van der Waals surface area contributed by atoms with Crippen LogP contribution in [-0.4, -0.2) is 66.4 Å². The highest BCUT2D eigenvalue weighted by molar-refractivity contribution is 5.90. The van der Waals surface area contributed by atoms with Crippen molar-refractivity contribution in [1.82, 2.24) is 25.4 Å². The first kappa shape index (κ1) is 16.6. The van der Waals surface area contributed by atoms with Gasteiger partial charge in [0.1, 0.15) is 5.82 Å². The van der Waals surface area contributed by atoms with E-state index in [0.717, 1.165) is 6.54 Å². The van der Waals surface area contributed by atoms with Crippen molar-refractivity contribution in [2.45, 2.75) is 26.2 Å². The number of aromatic nitrogens is 3. The highest BCUT2D eigenvalue weighted by Crippen LogP contribution is 2.17. The monoisotopic (exact) mass is 283 g/mol. The normalized spacial score (nSPS) is 11.9. The minimum atomic E-state index is -0.284. The molecule has 7 nitrogen and oxygen atoms in total. The van der Waals surface area contributed by atoms with Gasteiger partial charge in [-0.2, -0.15) is 0 Å². The topological polar surface area (TPSA) is 83.1 Å². The Morgan fingerprint density at radius 2 is 2.05 bits per heavy atom. The average molecular weight is 283 g/mol. The molecule has 0 aliphatic rings. The lowest BCUT2D eigenvalue weighted by Gasteiger charge is -2.12. The first-order valence-electron chi connectivity index (χ1n) is 6.74. The van der Waals surface area contributed by atoms with E-state index in [-0.39, 0.29) is 17.1 Å². The maximum absolute atomic E-state index is 11.8. The number of hydrogen-bond donors (Lipinski definition) is 2. The van der Waals surface area contributed by atoms with Gasteiger partial charge in [0.2, 0.25) is 5.82 Å². The fourth-order valence-electron chi connectivity index (χ4n) is 1.36. The molecule has 1 amide bonds. The van der Waals surface area contributed by atoms with Gasteiger partial charge in [-0.05, 0) is 14.1 Å². The van der Waals surface area contributed by atoms with Gasteiger partial charge in [-0.3, -0.25) is 9.89 Å². The molecule has 0 radical (unpaired) electrons. The van der Waals surface area contributed by atoms with Crippen LogP contribution in [0.2, 0.25) is 0 Å². The summed E-state index contributed by atoms with van der Waals surface area (Å²) in [5.74, 6) is 0.584. The summed E-state index contributed by atoms with van der Waals surface area (Å²) in [7, 11) is 3.97. The SMILES string of the molecule is CN(C)CCOCCNC(=O)c1n[nH]c(C(C)(C)C)n1. The highest BCUT2D eigenvalue weighted by Gasteiger charge is 2.20. The first-order valence-corrected chi connectivity index (χ1v) is 6.74. The van der Waals surface area contributed by atoms with Crippen LogP contribution in [0.5, 0.6) is 0 Å². The number of ether oxygens (including phenoxy) is 1. The van der Waals surface area contributed by atoms with Crippen molar-refractivity contribution in [3.63, 3.8) is 0 Å². The van der Waals surface area contributed by atoms with E-state index < -0.39 is 0 Å². The summed E-state index contributed by atoms with van der Waals surface area (Å²) in [6.45, 7) is 8.47. The van der Waals surface area contributed by atoms with Crippen molar-refractivity contribution in [3.05, 3.63) is 11.6 Å². The molecule has 0 saturated heterocycles. The molecular weight excluding hydrogens is 258 g/mol. The Hall–Kier alpha value is -1.47. The lowest BCUT2D eigenvalue weighted by Crippen LogP contribution is -2.29. The molecular formula is C13H25N5O2. The minimum Gasteiger partial charge on any atom is -0.378 e. The molecule has 0 bridgehead atoms. The van der Waals surface area contributed by atoms with Crippen molar-refractivity contribution in [2.75, 3.05) is 40.4 Å². The molecule has 0 atom stereocenters. The van der Waals surface area contributed by atoms with E-state index in [1.807, 2.05) is 39.8 Å². The Morgan fingerprint density at radius 3 is 2.60 bits per heavy atom. The summed E-state index contributed by atoms with van der Waals surface area (Å²) in [4.78, 5) is 18.0. The molecule has 0 unspecified atom stereocenters. The summed E-state index contributed by atoms with van der Waals surface area (Å²) in [6, 6.07) is 0. The van der Waals surface area contributed by atoms with E-state index in [9.17, 15) is 4.79 Å². The Bertz CT molecular complexity index is 423. The van der Waals surface area contributed by atoms with E-state index >= 15 is 0 Å². The van der Waals surface area contributed by atoms with Crippen LogP contribution in [0.1, 0.15) is 37.2 Å². The number of carbonyl (C=O) groups is 1. The van der Waals surface area contributed by atoms with Crippen LogP contribution in [0.25, 0.3) is 0 Å². The van der Waals surface area contributed by atoms with Gasteiger partial charge in [0.05, 0.1) is 13.2 Å². The Labute approximate surface area is 120 Å². The Balaban J connectivity index is 2.28. The number of amides is 1. The minimum absolute atomic E-state index is 0.152. The maximum atomic E-state index is 11.8. The first-order chi connectivity index (χ1) is 9.30. The van der Waals surface area contributed by atoms with Crippen molar-refractivity contribution in [2.24, 2.45) is 0 Å². The second-order valence-corrected chi connectivity index (χ2v) is 5.93. The molecule has 0 saturated carbocycles. The summed E-state index contributed by atoms with van der Waals surface area (Å²) < 4.78 is 5.39. The third kappa shape index (κ3) is 5.66. The van der Waals surface area contributed by atoms with Crippen LogP contribution in [0.4, 0.5) is 0 Å². The van der Waals surface area contributed by atoms with Gasteiger partial charge < -0.3 is 15.0 Å². The zero-order valence-corrected chi connectivity index (χ0v) is 13.0. The van der Waals surface area contributed by atoms with Gasteiger partial charge in [0.15, 0.2) is 0 Å². The summed E-state index contributed by atoms with van der Waals surface area (Å²) in [5, 5.41) is 9.45. The number of likely N-dealkylation sites (N-methyl/N-ethyl adjacent to an activating group) is 1. The molecule has 7 heteroatoms. The van der Waals surface area contributed by atoms with Gasteiger partial charge in [-0.15, -0.1) is 5.10 Å². The lowest BCUT2D eigenvalue weighted by atomic mass is 9.96. The van der Waals surface area contributed by atoms with Gasteiger partial charge in [0, 0.05) is 18.5 Å². The molecule has 20 heavy (non-hydrogen) atoms. The lowest BCUT2D eigenvalue weighted by molar-refractivity contribution is 0.0891. The van der Waals surface area contributed by atoms with Crippen molar-refractivity contribution >= 4 is 5.91 Å². The van der Waals surface area contributed by atoms with E-state index in [1.54, 1.807) is 0 Å². The summed E-state index contributed by atoms with van der Waals surface area (Å²) in [6.07, 6.45) is 0. The molecule has 1 aromatic rings. The smallest absolute Gasteiger partial charge is 0.291 e. The maximum Gasteiger partial charge on any atom is 0.291 e. The standard InChI is InChI=1S/C13H25N5O2/c1-13(2,3)12-15-10(16-17-12)11(19)14-6-8-20-9-7-18(4)5/h6-9H2,1-5H3,(H,14,19)(H,15,16,17). The van der Waals surface area contributed by atoms with Crippen LogP contribution in [0.15, 0.2) is 0 Å². The number of nitrogens with one attached hydrogen (secondary N) is 2. The quantitative estimate of drug-likeness (QED) is 0.708. The summed E-state index contributed by atoms with van der Waals surface area (Å²) >= 11 is 0. The van der Waals surface area contributed by atoms with E-state index in [2.05, 4.69) is 20.5 Å². The number of rotatable bonds is 7. The molecule has 1 heterocycles. The van der Waals surface area contributed by atoms with Crippen molar-refractivity contribution < 1.29 is 9.53 Å². The number of hydrogen-bond acceptors (Lipinski definition) is 5. The number of H-pyrrole nitrogens is 1. The molecule has 0 spiro atoms. The van der Waals surface area contributed by atoms with Crippen LogP contribution in [0.3, 0.4) is 0 Å². The highest BCUT2D eigenvalue weighted by atomic mass is 16.5. The number of aromatic amines is 1. The largest absolute Gasteiger partial charge is 0.378 e. The van der Waals surface area contributed by atoms with E-state index in [0.29, 0.717) is 25.6 Å². The third-order valence-corrected chi connectivity index (χ3v) is 2.61. The predicted octanol–water partition coefficient (Wildman–Crippen LogP) is 0.410. The van der Waals surface area contributed by atoms with Crippen molar-refractivity contribution in [1.29, 1.82) is 0 Å².